The Labute approximate surface area is 213 Å². The van der Waals surface area contributed by atoms with Crippen LogP contribution >= 0.6 is 12.6 Å². The third-order valence-electron chi connectivity index (χ3n) is 6.67. The van der Waals surface area contributed by atoms with E-state index in [0.29, 0.717) is 18.7 Å². The van der Waals surface area contributed by atoms with Crippen molar-refractivity contribution in [3.8, 4) is 17.2 Å². The first-order chi connectivity index (χ1) is 17.1. The van der Waals surface area contributed by atoms with Crippen LogP contribution in [0, 0.1) is 11.3 Å². The number of hydrogen-bond donors (Lipinski definition) is 3. The molecule has 5 rings (SSSR count). The van der Waals surface area contributed by atoms with Gasteiger partial charge in [0.25, 0.3) is 5.91 Å². The van der Waals surface area contributed by atoms with Crippen LogP contribution in [0.15, 0.2) is 48.7 Å². The van der Waals surface area contributed by atoms with Gasteiger partial charge in [-0.15, -0.1) is 0 Å². The molecule has 6 nitrogen and oxygen atoms in total. The quantitative estimate of drug-likeness (QED) is 0.477. The lowest BCUT2D eigenvalue weighted by Crippen LogP contribution is -2.46. The molecule has 1 saturated carbocycles. The van der Waals surface area contributed by atoms with E-state index in [0.717, 1.165) is 67.1 Å². The number of aromatic nitrogens is 1. The Bertz CT molecular complexity index is 1190. The molecule has 0 spiro atoms. The number of aliphatic hydroxyl groups is 1. The average molecular weight is 491 g/mol. The highest BCUT2D eigenvalue weighted by atomic mass is 32.1. The number of aliphatic hydroxyl groups excluding tert-OH is 1. The highest BCUT2D eigenvalue weighted by molar-refractivity contribution is 7.79. The number of pyridine rings is 1. The van der Waals surface area contributed by atoms with Gasteiger partial charge in [0, 0.05) is 50.4 Å². The molecule has 2 aromatic carbocycles. The third-order valence-corrected chi connectivity index (χ3v) is 6.67. The number of amides is 1. The van der Waals surface area contributed by atoms with Gasteiger partial charge in [-0.1, -0.05) is 43.3 Å². The van der Waals surface area contributed by atoms with Gasteiger partial charge in [-0.05, 0) is 48.3 Å². The minimum Gasteiger partial charge on any atom is -0.400 e. The lowest BCUT2D eigenvalue weighted by molar-refractivity contribution is 0.0736. The Morgan fingerprint density at radius 2 is 1.80 bits per heavy atom. The Hall–Kier alpha value is -2.92. The average Bonchev–Trinajstić information content (AvgIpc) is 3.76. The molecule has 0 radical (unpaired) electrons. The van der Waals surface area contributed by atoms with E-state index in [-0.39, 0.29) is 11.3 Å². The predicted molar refractivity (Wildman–Crippen MR) is 145 cm³/mol. The zero-order valence-electron chi connectivity index (χ0n) is 20.7. The van der Waals surface area contributed by atoms with Crippen LogP contribution in [0.1, 0.15) is 41.3 Å². The third kappa shape index (κ3) is 5.51. The summed E-state index contributed by atoms with van der Waals surface area (Å²) in [6.45, 7) is 5.16. The second-order valence-corrected chi connectivity index (χ2v) is 8.57. The van der Waals surface area contributed by atoms with Crippen LogP contribution in [0.3, 0.4) is 0 Å². The second kappa shape index (κ2) is 12.2. The van der Waals surface area contributed by atoms with Crippen molar-refractivity contribution < 1.29 is 9.90 Å². The molecule has 7 heteroatoms. The summed E-state index contributed by atoms with van der Waals surface area (Å²) >= 11 is 3.53. The molecule has 184 valence electrons. The molecule has 1 aliphatic heterocycles. The van der Waals surface area contributed by atoms with E-state index >= 15 is 0 Å². The SMILES string of the molecule is CCc1ccc2c(-c3ccc(C4(C#N)CC4)cc3)c(C(=O)N3CCNCC3)cnc2c1.CO.CS. The van der Waals surface area contributed by atoms with Crippen molar-refractivity contribution in [2.75, 3.05) is 39.5 Å². The van der Waals surface area contributed by atoms with E-state index in [1.54, 1.807) is 12.5 Å². The standard InChI is InChI=1S/C26H26N4O.CH4O.CH4S/c1-2-18-3-8-21-23(15-18)29-16-22(25(31)30-13-11-28-12-14-30)24(21)19-4-6-20(7-5-19)26(17-27)9-10-26;2*1-2/h3-8,15-16,28H,2,9-14H2,1H3;2*2H,1H3. The van der Waals surface area contributed by atoms with Crippen molar-refractivity contribution in [3.05, 3.63) is 65.4 Å². The lowest BCUT2D eigenvalue weighted by Gasteiger charge is -2.28. The van der Waals surface area contributed by atoms with E-state index < -0.39 is 0 Å². The number of hydrogen-bond acceptors (Lipinski definition) is 6. The summed E-state index contributed by atoms with van der Waals surface area (Å²) in [5.41, 5.74) is 5.47. The van der Waals surface area contributed by atoms with Gasteiger partial charge in [-0.25, -0.2) is 0 Å². The minimum absolute atomic E-state index is 0.0326. The Kier molecular flexibility index (Phi) is 9.27. The monoisotopic (exact) mass is 490 g/mol. The Morgan fingerprint density at radius 1 is 1.14 bits per heavy atom. The van der Waals surface area contributed by atoms with Gasteiger partial charge in [-0.2, -0.15) is 17.9 Å². The molecule has 2 N–H and O–H groups in total. The Balaban J connectivity index is 0.000000815. The molecule has 35 heavy (non-hydrogen) atoms. The molecule has 3 aromatic rings. The number of aryl methyl sites for hydroxylation is 1. The largest absolute Gasteiger partial charge is 0.400 e. The summed E-state index contributed by atoms with van der Waals surface area (Å²) < 4.78 is 0. The van der Waals surface area contributed by atoms with E-state index in [1.807, 2.05) is 4.90 Å². The highest BCUT2D eigenvalue weighted by Crippen LogP contribution is 2.48. The van der Waals surface area contributed by atoms with Crippen LogP contribution in [0.2, 0.25) is 0 Å². The maximum Gasteiger partial charge on any atom is 0.256 e. The number of nitriles is 1. The zero-order valence-corrected chi connectivity index (χ0v) is 21.6. The second-order valence-electron chi connectivity index (χ2n) is 8.57. The van der Waals surface area contributed by atoms with Gasteiger partial charge >= 0.3 is 0 Å². The van der Waals surface area contributed by atoms with Gasteiger partial charge in [0.15, 0.2) is 0 Å². The minimum atomic E-state index is -0.311. The van der Waals surface area contributed by atoms with Crippen LogP contribution in [-0.2, 0) is 11.8 Å². The number of fused-ring (bicyclic) bond motifs is 1. The summed E-state index contributed by atoms with van der Waals surface area (Å²) in [6.07, 6.45) is 6.23. The molecule has 0 unspecified atom stereocenters. The molecular weight excluding hydrogens is 456 g/mol. The van der Waals surface area contributed by atoms with Gasteiger partial charge in [0.05, 0.1) is 22.6 Å². The molecule has 1 aromatic heterocycles. The van der Waals surface area contributed by atoms with Crippen molar-refractivity contribution in [1.29, 1.82) is 5.26 Å². The van der Waals surface area contributed by atoms with E-state index in [9.17, 15) is 10.1 Å². The van der Waals surface area contributed by atoms with Crippen LogP contribution in [0.4, 0.5) is 0 Å². The van der Waals surface area contributed by atoms with Crippen molar-refractivity contribution in [2.24, 2.45) is 0 Å². The number of carbonyl (C=O) groups is 1. The normalized spacial score (nSPS) is 15.7. The van der Waals surface area contributed by atoms with Gasteiger partial charge in [-0.3, -0.25) is 9.78 Å². The summed E-state index contributed by atoms with van der Waals surface area (Å²) in [6, 6.07) is 17.0. The van der Waals surface area contributed by atoms with Crippen LogP contribution < -0.4 is 5.32 Å². The van der Waals surface area contributed by atoms with Crippen molar-refractivity contribution in [1.82, 2.24) is 15.2 Å². The number of benzene rings is 2. The van der Waals surface area contributed by atoms with Gasteiger partial charge < -0.3 is 15.3 Å². The molecular formula is C28H34N4O2S. The fourth-order valence-electron chi connectivity index (χ4n) is 4.52. The molecule has 2 aliphatic rings. The molecule has 2 heterocycles. The first-order valence-corrected chi connectivity index (χ1v) is 12.9. The van der Waals surface area contributed by atoms with Crippen LogP contribution in [-0.4, -0.2) is 60.4 Å². The van der Waals surface area contributed by atoms with Crippen LogP contribution in [0.25, 0.3) is 22.0 Å². The number of piperazine rings is 1. The summed E-state index contributed by atoms with van der Waals surface area (Å²) in [4.78, 5) is 20.0. The van der Waals surface area contributed by atoms with E-state index in [4.69, 9.17) is 5.11 Å². The molecule has 0 bridgehead atoms. The number of nitrogens with one attached hydrogen (secondary N) is 1. The number of rotatable bonds is 4. The van der Waals surface area contributed by atoms with E-state index in [2.05, 4.69) is 78.4 Å². The van der Waals surface area contributed by atoms with Crippen molar-refractivity contribution in [3.63, 3.8) is 0 Å². The van der Waals surface area contributed by atoms with Gasteiger partial charge in [0.2, 0.25) is 0 Å². The van der Waals surface area contributed by atoms with E-state index in [1.165, 1.54) is 5.56 Å². The first kappa shape index (κ1) is 26.7. The number of nitrogens with zero attached hydrogens (tertiary/aromatic N) is 3. The Morgan fingerprint density at radius 3 is 2.37 bits per heavy atom. The van der Waals surface area contributed by atoms with Crippen molar-refractivity contribution in [2.45, 2.75) is 31.6 Å². The zero-order chi connectivity index (χ0) is 25.4. The highest BCUT2D eigenvalue weighted by Gasteiger charge is 2.44. The van der Waals surface area contributed by atoms with Crippen molar-refractivity contribution >= 4 is 29.4 Å². The fraction of sp³-hybridized carbons (Fsp3) is 0.393. The lowest BCUT2D eigenvalue weighted by atomic mass is 9.91. The number of thiol groups is 1. The van der Waals surface area contributed by atoms with Gasteiger partial charge in [0.1, 0.15) is 0 Å². The molecule has 2 fully saturated rings. The summed E-state index contributed by atoms with van der Waals surface area (Å²) in [7, 11) is 1.00. The summed E-state index contributed by atoms with van der Waals surface area (Å²) in [5, 5.41) is 20.8. The maximum absolute atomic E-state index is 13.5. The number of carbonyl (C=O) groups excluding carboxylic acids is 1. The fourth-order valence-corrected chi connectivity index (χ4v) is 4.52. The topological polar surface area (TPSA) is 89.3 Å². The predicted octanol–water partition coefficient (Wildman–Crippen LogP) is 4.22. The molecule has 1 amide bonds. The first-order valence-electron chi connectivity index (χ1n) is 12.0. The molecule has 1 saturated heterocycles. The summed E-state index contributed by atoms with van der Waals surface area (Å²) in [5.74, 6) is 0.0326. The van der Waals surface area contributed by atoms with Crippen LogP contribution in [0.5, 0.6) is 0 Å². The molecule has 1 aliphatic carbocycles. The molecule has 0 atom stereocenters. The smallest absolute Gasteiger partial charge is 0.256 e. The maximum atomic E-state index is 13.5.